The molecule has 0 aromatic carbocycles. The lowest BCUT2D eigenvalue weighted by molar-refractivity contribution is 0.302. The smallest absolute Gasteiger partial charge is 0.0204 e. The van der Waals surface area contributed by atoms with E-state index < -0.39 is 0 Å². The van der Waals surface area contributed by atoms with Gasteiger partial charge in [-0.25, -0.2) is 0 Å². The number of rotatable bonds is 3. The van der Waals surface area contributed by atoms with E-state index in [1.807, 2.05) is 0 Å². The third kappa shape index (κ3) is 0.831. The van der Waals surface area contributed by atoms with Crippen LogP contribution in [0.1, 0.15) is 47.0 Å². The lowest BCUT2D eigenvalue weighted by atomic mass is 9.86. The molecule has 0 aromatic rings. The molecule has 0 aliphatic heterocycles. The van der Waals surface area contributed by atoms with Crippen LogP contribution in [0.5, 0.6) is 0 Å². The third-order valence-electron chi connectivity index (χ3n) is 5.60. The van der Waals surface area contributed by atoms with Crippen LogP contribution in [0.15, 0.2) is 0 Å². The predicted molar refractivity (Wildman–Crippen MR) is 55.4 cm³/mol. The van der Waals surface area contributed by atoms with Gasteiger partial charge in [-0.15, -0.1) is 0 Å². The van der Waals surface area contributed by atoms with Gasteiger partial charge in [-0.1, -0.05) is 34.1 Å². The minimum absolute atomic E-state index is 0.721. The average Bonchev–Trinajstić information content (AvgIpc) is 2.89. The zero-order valence-corrected chi connectivity index (χ0v) is 9.43. The molecule has 3 fully saturated rings. The van der Waals surface area contributed by atoms with E-state index in [4.69, 9.17) is 0 Å². The summed E-state index contributed by atoms with van der Waals surface area (Å²) in [6.45, 7) is 9.76. The molecule has 13 heavy (non-hydrogen) atoms. The first-order valence-corrected chi connectivity index (χ1v) is 6.04. The van der Waals surface area contributed by atoms with Crippen molar-refractivity contribution in [1.82, 2.24) is 0 Å². The summed E-state index contributed by atoms with van der Waals surface area (Å²) in [5.41, 5.74) is 1.60. The van der Waals surface area contributed by atoms with Gasteiger partial charge in [0.1, 0.15) is 0 Å². The van der Waals surface area contributed by atoms with Gasteiger partial charge < -0.3 is 0 Å². The average molecular weight is 178 g/mol. The van der Waals surface area contributed by atoms with Crippen molar-refractivity contribution in [3.05, 3.63) is 0 Å². The predicted octanol–water partition coefficient (Wildman–Crippen LogP) is 3.71. The fourth-order valence-corrected chi connectivity index (χ4v) is 4.05. The number of hydrogen-bond acceptors (Lipinski definition) is 0. The van der Waals surface area contributed by atoms with Crippen LogP contribution >= 0.6 is 0 Å². The van der Waals surface area contributed by atoms with Crippen LogP contribution in [-0.2, 0) is 0 Å². The summed E-state index contributed by atoms with van der Waals surface area (Å²) >= 11 is 0. The van der Waals surface area contributed by atoms with E-state index in [1.54, 1.807) is 6.42 Å². The summed E-state index contributed by atoms with van der Waals surface area (Å²) in [6.07, 6.45) is 4.51. The molecular formula is C13H22. The Morgan fingerprint density at radius 3 is 2.23 bits per heavy atom. The lowest BCUT2D eigenvalue weighted by Crippen LogP contribution is -2.12. The molecule has 5 atom stereocenters. The Labute approximate surface area is 82.1 Å². The molecule has 5 unspecified atom stereocenters. The maximum Gasteiger partial charge on any atom is -0.0204 e. The van der Waals surface area contributed by atoms with Crippen LogP contribution in [0.2, 0.25) is 0 Å². The molecule has 0 nitrogen and oxygen atoms in total. The first-order chi connectivity index (χ1) is 6.04. The maximum atomic E-state index is 2.48. The van der Waals surface area contributed by atoms with Gasteiger partial charge in [0.2, 0.25) is 0 Å². The van der Waals surface area contributed by atoms with Gasteiger partial charge in [0.15, 0.2) is 0 Å². The second-order valence-electron chi connectivity index (χ2n) is 6.56. The van der Waals surface area contributed by atoms with Gasteiger partial charge in [-0.3, -0.25) is 0 Å². The van der Waals surface area contributed by atoms with E-state index >= 15 is 0 Å². The molecule has 3 aliphatic rings. The molecule has 0 aromatic heterocycles. The summed E-state index contributed by atoms with van der Waals surface area (Å²) in [4.78, 5) is 0. The molecule has 0 amide bonds. The Hall–Kier alpha value is 0. The number of hydrogen-bond donors (Lipinski definition) is 0. The number of fused-ring (bicyclic) bond motifs is 1. The summed E-state index contributed by atoms with van der Waals surface area (Å²) in [6, 6.07) is 0. The first kappa shape index (κ1) is 8.32. The molecule has 3 saturated carbocycles. The Kier molecular flexibility index (Phi) is 1.27. The van der Waals surface area contributed by atoms with Crippen molar-refractivity contribution in [3.63, 3.8) is 0 Å². The molecule has 3 rings (SSSR count). The Morgan fingerprint density at radius 2 is 1.85 bits per heavy atom. The van der Waals surface area contributed by atoms with E-state index in [0.717, 1.165) is 28.6 Å². The highest BCUT2D eigenvalue weighted by molar-refractivity contribution is 5.31. The quantitative estimate of drug-likeness (QED) is 0.618. The van der Waals surface area contributed by atoms with Crippen LogP contribution < -0.4 is 0 Å². The Balaban J connectivity index is 1.68. The normalized spacial score (nSPS) is 56.8. The molecule has 0 radical (unpaired) electrons. The summed E-state index contributed by atoms with van der Waals surface area (Å²) < 4.78 is 0. The van der Waals surface area contributed by atoms with Gasteiger partial charge >= 0.3 is 0 Å². The summed E-state index contributed by atoms with van der Waals surface area (Å²) in [5.74, 6) is 4.46. The topological polar surface area (TPSA) is 0 Å². The van der Waals surface area contributed by atoms with Gasteiger partial charge in [0, 0.05) is 0 Å². The van der Waals surface area contributed by atoms with E-state index in [0.29, 0.717) is 0 Å². The lowest BCUT2D eigenvalue weighted by Gasteiger charge is -2.18. The molecule has 74 valence electrons. The van der Waals surface area contributed by atoms with E-state index in [1.165, 1.54) is 18.8 Å². The largest absolute Gasteiger partial charge is 0.0651 e. The fraction of sp³-hybridized carbons (Fsp3) is 1.00. The van der Waals surface area contributed by atoms with Crippen LogP contribution in [0, 0.1) is 34.5 Å². The molecule has 3 aliphatic carbocycles. The molecule has 0 bridgehead atoms. The minimum Gasteiger partial charge on any atom is -0.0651 e. The van der Waals surface area contributed by atoms with Gasteiger partial charge in [0.25, 0.3) is 0 Å². The van der Waals surface area contributed by atoms with E-state index in [-0.39, 0.29) is 0 Å². The molecule has 0 heterocycles. The van der Waals surface area contributed by atoms with E-state index in [2.05, 4.69) is 27.7 Å². The molecule has 0 N–H and O–H groups in total. The SMILES string of the molecule is CCC(C)C12CC1C2C1CC1(C)C. The summed E-state index contributed by atoms with van der Waals surface area (Å²) in [5, 5.41) is 0. The van der Waals surface area contributed by atoms with Crippen LogP contribution in [0.4, 0.5) is 0 Å². The maximum absolute atomic E-state index is 2.48. The monoisotopic (exact) mass is 178 g/mol. The van der Waals surface area contributed by atoms with Crippen LogP contribution in [0.25, 0.3) is 0 Å². The second-order valence-corrected chi connectivity index (χ2v) is 6.56. The first-order valence-electron chi connectivity index (χ1n) is 6.04. The molecular weight excluding hydrogens is 156 g/mol. The van der Waals surface area contributed by atoms with Crippen molar-refractivity contribution in [2.24, 2.45) is 34.5 Å². The zero-order chi connectivity index (χ0) is 9.43. The highest BCUT2D eigenvalue weighted by Crippen LogP contribution is 2.89. The standard InChI is InChI=1S/C13H22/c1-5-8(2)13-7-10(13)11(13)9-6-12(9,3)4/h8-11H,5-7H2,1-4H3. The Bertz CT molecular complexity index is 253. The minimum atomic E-state index is 0.721. The Morgan fingerprint density at radius 1 is 1.23 bits per heavy atom. The fourth-order valence-electron chi connectivity index (χ4n) is 4.05. The van der Waals surface area contributed by atoms with Crippen LogP contribution in [-0.4, -0.2) is 0 Å². The van der Waals surface area contributed by atoms with Crippen molar-refractivity contribution >= 4 is 0 Å². The van der Waals surface area contributed by atoms with Crippen LogP contribution in [0.3, 0.4) is 0 Å². The highest BCUT2D eigenvalue weighted by Gasteiger charge is 2.84. The van der Waals surface area contributed by atoms with E-state index in [9.17, 15) is 0 Å². The van der Waals surface area contributed by atoms with Crippen molar-refractivity contribution in [3.8, 4) is 0 Å². The van der Waals surface area contributed by atoms with Gasteiger partial charge in [-0.2, -0.15) is 0 Å². The third-order valence-corrected chi connectivity index (χ3v) is 5.60. The highest BCUT2D eigenvalue weighted by atomic mass is 14.9. The van der Waals surface area contributed by atoms with Crippen molar-refractivity contribution in [2.75, 3.05) is 0 Å². The molecule has 0 saturated heterocycles. The molecule has 0 spiro atoms. The van der Waals surface area contributed by atoms with Gasteiger partial charge in [0.05, 0.1) is 0 Å². The molecule has 0 heteroatoms. The zero-order valence-electron chi connectivity index (χ0n) is 9.43. The van der Waals surface area contributed by atoms with Crippen molar-refractivity contribution in [1.29, 1.82) is 0 Å². The van der Waals surface area contributed by atoms with Crippen molar-refractivity contribution in [2.45, 2.75) is 47.0 Å². The second kappa shape index (κ2) is 1.99. The summed E-state index contributed by atoms with van der Waals surface area (Å²) in [7, 11) is 0. The van der Waals surface area contributed by atoms with Gasteiger partial charge in [-0.05, 0) is 47.3 Å². The van der Waals surface area contributed by atoms with Crippen molar-refractivity contribution < 1.29 is 0 Å².